The van der Waals surface area contributed by atoms with Crippen LogP contribution in [-0.4, -0.2) is 49.7 Å². The number of carboxylic acids is 1. The average molecular weight is 379 g/mol. The van der Waals surface area contributed by atoms with E-state index in [-0.39, 0.29) is 0 Å². The molecule has 27 heavy (non-hydrogen) atoms. The van der Waals surface area contributed by atoms with E-state index in [2.05, 4.69) is 39.9 Å². The number of aromatic nitrogens is 4. The van der Waals surface area contributed by atoms with Crippen molar-refractivity contribution in [3.63, 3.8) is 0 Å². The Bertz CT molecular complexity index is 1000. The Kier molecular flexibility index (Phi) is 5.00. The van der Waals surface area contributed by atoms with E-state index in [1.165, 1.54) is 11.1 Å². The van der Waals surface area contributed by atoms with Crippen LogP contribution in [0.15, 0.2) is 43.0 Å². The lowest BCUT2D eigenvalue weighted by molar-refractivity contribution is -0.192. The Morgan fingerprint density at radius 2 is 1.93 bits per heavy atom. The third-order valence-corrected chi connectivity index (χ3v) is 3.95. The predicted molar refractivity (Wildman–Crippen MR) is 91.9 cm³/mol. The lowest BCUT2D eigenvalue weighted by Crippen LogP contribution is -2.21. The SMILES string of the molecule is Cn1cc(-c2ccc3c(C4=CCNC4)cnn3c2)cn1.O=C(O)C(F)(F)F. The molecule has 2 N–H and O–H groups in total. The summed E-state index contributed by atoms with van der Waals surface area (Å²) in [6.07, 6.45) is 5.02. The summed E-state index contributed by atoms with van der Waals surface area (Å²) in [5, 5.41) is 19.1. The van der Waals surface area contributed by atoms with Crippen molar-refractivity contribution in [2.45, 2.75) is 6.18 Å². The van der Waals surface area contributed by atoms with Gasteiger partial charge in [-0.05, 0) is 11.6 Å². The predicted octanol–water partition coefficient (Wildman–Crippen LogP) is 2.35. The van der Waals surface area contributed by atoms with E-state index < -0.39 is 12.1 Å². The molecule has 0 atom stereocenters. The second-order valence-electron chi connectivity index (χ2n) is 5.87. The highest BCUT2D eigenvalue weighted by Gasteiger charge is 2.38. The molecule has 0 spiro atoms. The first-order chi connectivity index (χ1) is 12.8. The topological polar surface area (TPSA) is 84.5 Å². The number of nitrogens with one attached hydrogen (secondary N) is 1. The minimum Gasteiger partial charge on any atom is -0.475 e. The summed E-state index contributed by atoms with van der Waals surface area (Å²) in [6, 6.07) is 4.25. The van der Waals surface area contributed by atoms with E-state index >= 15 is 0 Å². The normalized spacial score (nSPS) is 14.0. The number of hydrogen-bond acceptors (Lipinski definition) is 4. The third kappa shape index (κ3) is 4.17. The van der Waals surface area contributed by atoms with E-state index in [0.29, 0.717) is 0 Å². The van der Waals surface area contributed by atoms with Gasteiger partial charge in [-0.3, -0.25) is 4.68 Å². The smallest absolute Gasteiger partial charge is 0.475 e. The van der Waals surface area contributed by atoms with Crippen LogP contribution in [0, 0.1) is 0 Å². The quantitative estimate of drug-likeness (QED) is 0.714. The van der Waals surface area contributed by atoms with Crippen molar-refractivity contribution in [1.29, 1.82) is 0 Å². The number of halogens is 3. The number of rotatable bonds is 2. The summed E-state index contributed by atoms with van der Waals surface area (Å²) in [5.41, 5.74) is 5.92. The lowest BCUT2D eigenvalue weighted by Gasteiger charge is -2.02. The van der Waals surface area contributed by atoms with Crippen LogP contribution >= 0.6 is 0 Å². The molecule has 3 aromatic rings. The van der Waals surface area contributed by atoms with Gasteiger partial charge in [-0.15, -0.1) is 0 Å². The fourth-order valence-electron chi connectivity index (χ4n) is 2.65. The molecule has 0 aliphatic carbocycles. The van der Waals surface area contributed by atoms with Gasteiger partial charge in [0.2, 0.25) is 0 Å². The highest BCUT2D eigenvalue weighted by atomic mass is 19.4. The summed E-state index contributed by atoms with van der Waals surface area (Å²) in [7, 11) is 1.92. The number of carbonyl (C=O) groups is 1. The Hall–Kier alpha value is -3.14. The molecule has 4 heterocycles. The minimum atomic E-state index is -5.08. The van der Waals surface area contributed by atoms with Crippen molar-refractivity contribution in [3.8, 4) is 11.1 Å². The zero-order chi connectivity index (χ0) is 19.6. The number of hydrogen-bond donors (Lipinski definition) is 2. The maximum absolute atomic E-state index is 10.6. The van der Waals surface area contributed by atoms with Crippen LogP contribution < -0.4 is 5.32 Å². The largest absolute Gasteiger partial charge is 0.490 e. The monoisotopic (exact) mass is 379 g/mol. The molecular formula is C17H16F3N5O2. The number of carboxylic acid groups (broad SMARTS) is 1. The molecule has 4 rings (SSSR count). The number of pyridine rings is 1. The van der Waals surface area contributed by atoms with Gasteiger partial charge in [0.1, 0.15) is 0 Å². The van der Waals surface area contributed by atoms with Gasteiger partial charge in [-0.1, -0.05) is 12.1 Å². The first-order valence-electron chi connectivity index (χ1n) is 7.92. The van der Waals surface area contributed by atoms with Crippen molar-refractivity contribution in [1.82, 2.24) is 24.7 Å². The molecular weight excluding hydrogens is 363 g/mol. The first-order valence-corrected chi connectivity index (χ1v) is 7.92. The maximum Gasteiger partial charge on any atom is 0.490 e. The van der Waals surface area contributed by atoms with Gasteiger partial charge in [0, 0.05) is 49.2 Å². The van der Waals surface area contributed by atoms with E-state index in [1.807, 2.05) is 34.8 Å². The van der Waals surface area contributed by atoms with Gasteiger partial charge in [0.05, 0.1) is 17.9 Å². The molecule has 1 aliphatic rings. The van der Waals surface area contributed by atoms with Crippen molar-refractivity contribution in [2.75, 3.05) is 13.1 Å². The minimum absolute atomic E-state index is 0.922. The highest BCUT2D eigenvalue weighted by molar-refractivity contribution is 5.81. The molecule has 0 bridgehead atoms. The number of fused-ring (bicyclic) bond motifs is 1. The van der Waals surface area contributed by atoms with Crippen LogP contribution in [0.4, 0.5) is 13.2 Å². The summed E-state index contributed by atoms with van der Waals surface area (Å²) in [5.74, 6) is -2.76. The van der Waals surface area contributed by atoms with Crippen molar-refractivity contribution < 1.29 is 23.1 Å². The molecule has 0 saturated heterocycles. The van der Waals surface area contributed by atoms with Gasteiger partial charge in [-0.25, -0.2) is 9.31 Å². The molecule has 0 saturated carbocycles. The number of alkyl halides is 3. The molecule has 7 nitrogen and oxygen atoms in total. The molecule has 0 unspecified atom stereocenters. The van der Waals surface area contributed by atoms with Gasteiger partial charge in [-0.2, -0.15) is 23.4 Å². The number of nitrogens with zero attached hydrogens (tertiary/aromatic N) is 4. The highest BCUT2D eigenvalue weighted by Crippen LogP contribution is 2.25. The second-order valence-corrected chi connectivity index (χ2v) is 5.87. The van der Waals surface area contributed by atoms with Gasteiger partial charge in [0.15, 0.2) is 0 Å². The van der Waals surface area contributed by atoms with E-state index in [1.54, 1.807) is 0 Å². The number of aryl methyl sites for hydroxylation is 1. The Morgan fingerprint density at radius 3 is 2.48 bits per heavy atom. The van der Waals surface area contributed by atoms with Gasteiger partial charge < -0.3 is 10.4 Å². The second kappa shape index (κ2) is 7.23. The van der Waals surface area contributed by atoms with E-state index in [0.717, 1.165) is 29.7 Å². The molecule has 0 radical (unpaired) electrons. The number of aliphatic carboxylic acids is 1. The van der Waals surface area contributed by atoms with E-state index in [4.69, 9.17) is 9.90 Å². The summed E-state index contributed by atoms with van der Waals surface area (Å²) >= 11 is 0. The fraction of sp³-hybridized carbons (Fsp3) is 0.235. The zero-order valence-corrected chi connectivity index (χ0v) is 14.2. The summed E-state index contributed by atoms with van der Waals surface area (Å²) < 4.78 is 35.5. The summed E-state index contributed by atoms with van der Waals surface area (Å²) in [6.45, 7) is 1.87. The lowest BCUT2D eigenvalue weighted by atomic mass is 10.1. The van der Waals surface area contributed by atoms with Crippen LogP contribution in [0.25, 0.3) is 22.2 Å². The third-order valence-electron chi connectivity index (χ3n) is 3.95. The van der Waals surface area contributed by atoms with Crippen LogP contribution in [0.5, 0.6) is 0 Å². The Morgan fingerprint density at radius 1 is 1.19 bits per heavy atom. The first kappa shape index (κ1) is 18.6. The van der Waals surface area contributed by atoms with Crippen molar-refractivity contribution >= 4 is 17.1 Å². The van der Waals surface area contributed by atoms with Crippen molar-refractivity contribution in [3.05, 3.63) is 48.6 Å². The van der Waals surface area contributed by atoms with Crippen molar-refractivity contribution in [2.24, 2.45) is 7.05 Å². The van der Waals surface area contributed by atoms with Crippen LogP contribution in [0.1, 0.15) is 5.56 Å². The molecule has 0 amide bonds. The molecule has 10 heteroatoms. The Balaban J connectivity index is 0.000000260. The molecule has 1 aliphatic heterocycles. The van der Waals surface area contributed by atoms with Crippen LogP contribution in [-0.2, 0) is 11.8 Å². The average Bonchev–Trinajstić information content (AvgIpc) is 3.33. The molecule has 0 aromatic carbocycles. The van der Waals surface area contributed by atoms with Gasteiger partial charge >= 0.3 is 12.1 Å². The standard InChI is InChI=1S/C15H15N5.C2HF3O2/c1-19-9-13(7-17-19)12-2-3-15-14(8-18-20(15)10-12)11-4-5-16-6-11;3-2(4,5)1(6)7/h2-4,7-10,16H,5-6H2,1H3;(H,6,7). The summed E-state index contributed by atoms with van der Waals surface area (Å²) in [4.78, 5) is 8.90. The zero-order valence-electron chi connectivity index (χ0n) is 14.2. The fourth-order valence-corrected chi connectivity index (χ4v) is 2.65. The van der Waals surface area contributed by atoms with E-state index in [9.17, 15) is 13.2 Å². The van der Waals surface area contributed by atoms with Crippen LogP contribution in [0.2, 0.25) is 0 Å². The molecule has 142 valence electrons. The molecule has 3 aromatic heterocycles. The Labute approximate surface area is 151 Å². The molecule has 0 fully saturated rings. The van der Waals surface area contributed by atoms with Gasteiger partial charge in [0.25, 0.3) is 0 Å². The van der Waals surface area contributed by atoms with Crippen LogP contribution in [0.3, 0.4) is 0 Å². The maximum atomic E-state index is 10.6.